The SMILES string of the molecule is Nc1cccc2c1CN(Cc1ccccn1)C2. The second kappa shape index (κ2) is 4.18. The Kier molecular flexibility index (Phi) is 2.53. The average molecular weight is 225 g/mol. The monoisotopic (exact) mass is 225 g/mol. The van der Waals surface area contributed by atoms with Gasteiger partial charge in [-0.05, 0) is 29.3 Å². The van der Waals surface area contributed by atoms with Gasteiger partial charge >= 0.3 is 0 Å². The van der Waals surface area contributed by atoms with E-state index in [2.05, 4.69) is 22.0 Å². The first-order valence-electron chi connectivity index (χ1n) is 5.81. The van der Waals surface area contributed by atoms with Crippen LogP contribution in [0.25, 0.3) is 0 Å². The van der Waals surface area contributed by atoms with Crippen molar-refractivity contribution < 1.29 is 0 Å². The van der Waals surface area contributed by atoms with Gasteiger partial charge in [0.25, 0.3) is 0 Å². The lowest BCUT2D eigenvalue weighted by atomic mass is 10.1. The Morgan fingerprint density at radius 3 is 2.82 bits per heavy atom. The topological polar surface area (TPSA) is 42.1 Å². The fourth-order valence-corrected chi connectivity index (χ4v) is 2.35. The van der Waals surface area contributed by atoms with E-state index >= 15 is 0 Å². The average Bonchev–Trinajstić information content (AvgIpc) is 2.74. The molecule has 0 saturated carbocycles. The molecule has 2 N–H and O–H groups in total. The molecule has 1 aliphatic heterocycles. The maximum Gasteiger partial charge on any atom is 0.0544 e. The first kappa shape index (κ1) is 10.3. The first-order chi connectivity index (χ1) is 8.33. The molecule has 2 heterocycles. The molecule has 0 bridgehead atoms. The molecule has 0 spiro atoms. The van der Waals surface area contributed by atoms with Gasteiger partial charge in [-0.25, -0.2) is 0 Å². The quantitative estimate of drug-likeness (QED) is 0.796. The van der Waals surface area contributed by atoms with Gasteiger partial charge in [0.05, 0.1) is 5.69 Å². The zero-order chi connectivity index (χ0) is 11.7. The maximum absolute atomic E-state index is 5.99. The van der Waals surface area contributed by atoms with Crippen molar-refractivity contribution in [3.05, 3.63) is 59.4 Å². The Balaban J connectivity index is 1.77. The first-order valence-corrected chi connectivity index (χ1v) is 5.81. The van der Waals surface area contributed by atoms with Crippen LogP contribution < -0.4 is 5.73 Å². The normalized spacial score (nSPS) is 14.8. The van der Waals surface area contributed by atoms with E-state index in [1.165, 1.54) is 11.1 Å². The number of aromatic nitrogens is 1. The van der Waals surface area contributed by atoms with Crippen LogP contribution in [0.5, 0.6) is 0 Å². The van der Waals surface area contributed by atoms with Crippen molar-refractivity contribution in [1.82, 2.24) is 9.88 Å². The minimum Gasteiger partial charge on any atom is -0.398 e. The Labute approximate surface area is 101 Å². The van der Waals surface area contributed by atoms with Crippen molar-refractivity contribution >= 4 is 5.69 Å². The molecule has 0 aliphatic carbocycles. The van der Waals surface area contributed by atoms with Crippen LogP contribution in [0.2, 0.25) is 0 Å². The van der Waals surface area contributed by atoms with E-state index in [0.717, 1.165) is 31.0 Å². The summed E-state index contributed by atoms with van der Waals surface area (Å²) < 4.78 is 0. The minimum atomic E-state index is 0.884. The minimum absolute atomic E-state index is 0.884. The second-order valence-electron chi connectivity index (χ2n) is 4.45. The van der Waals surface area contributed by atoms with Gasteiger partial charge in [-0.2, -0.15) is 0 Å². The molecule has 3 rings (SSSR count). The predicted octanol–water partition coefficient (Wildman–Crippen LogP) is 2.18. The van der Waals surface area contributed by atoms with Crippen molar-refractivity contribution in [3.63, 3.8) is 0 Å². The lowest BCUT2D eigenvalue weighted by Crippen LogP contribution is -2.16. The third kappa shape index (κ3) is 2.01. The molecule has 0 amide bonds. The van der Waals surface area contributed by atoms with Crippen LogP contribution >= 0.6 is 0 Å². The number of nitrogens with zero attached hydrogens (tertiary/aromatic N) is 2. The Bertz CT molecular complexity index is 522. The molecule has 2 aromatic rings. The highest BCUT2D eigenvalue weighted by Crippen LogP contribution is 2.28. The van der Waals surface area contributed by atoms with Crippen LogP contribution in [-0.2, 0) is 19.6 Å². The van der Waals surface area contributed by atoms with Gasteiger partial charge in [-0.1, -0.05) is 18.2 Å². The summed E-state index contributed by atoms with van der Waals surface area (Å²) in [5.74, 6) is 0. The summed E-state index contributed by atoms with van der Waals surface area (Å²) in [6, 6.07) is 12.2. The van der Waals surface area contributed by atoms with Crippen molar-refractivity contribution in [2.24, 2.45) is 0 Å². The zero-order valence-electron chi connectivity index (χ0n) is 9.63. The van der Waals surface area contributed by atoms with E-state index < -0.39 is 0 Å². The van der Waals surface area contributed by atoms with Crippen molar-refractivity contribution in [1.29, 1.82) is 0 Å². The number of benzene rings is 1. The summed E-state index contributed by atoms with van der Waals surface area (Å²) in [5.41, 5.74) is 10.6. The number of rotatable bonds is 2. The van der Waals surface area contributed by atoms with Gasteiger partial charge in [0.1, 0.15) is 0 Å². The summed E-state index contributed by atoms with van der Waals surface area (Å²) in [6.45, 7) is 2.78. The fraction of sp³-hybridized carbons (Fsp3) is 0.214. The van der Waals surface area contributed by atoms with Crippen molar-refractivity contribution in [2.75, 3.05) is 5.73 Å². The van der Waals surface area contributed by atoms with Crippen molar-refractivity contribution in [2.45, 2.75) is 19.6 Å². The van der Waals surface area contributed by atoms with Crippen LogP contribution in [-0.4, -0.2) is 9.88 Å². The fourth-order valence-electron chi connectivity index (χ4n) is 2.35. The number of anilines is 1. The number of hydrogen-bond acceptors (Lipinski definition) is 3. The molecule has 0 saturated heterocycles. The van der Waals surface area contributed by atoms with Crippen LogP contribution in [0, 0.1) is 0 Å². The number of pyridine rings is 1. The van der Waals surface area contributed by atoms with Crippen molar-refractivity contribution in [3.8, 4) is 0 Å². The summed E-state index contributed by atoms with van der Waals surface area (Å²) in [5, 5.41) is 0. The van der Waals surface area contributed by atoms with Crippen LogP contribution in [0.4, 0.5) is 5.69 Å². The van der Waals surface area contributed by atoms with E-state index in [-0.39, 0.29) is 0 Å². The van der Waals surface area contributed by atoms with Gasteiger partial charge in [0, 0.05) is 31.5 Å². The molecule has 1 aromatic carbocycles. The molecular weight excluding hydrogens is 210 g/mol. The van der Waals surface area contributed by atoms with Gasteiger partial charge in [0.2, 0.25) is 0 Å². The number of fused-ring (bicyclic) bond motifs is 1. The molecule has 17 heavy (non-hydrogen) atoms. The molecule has 0 fully saturated rings. The number of hydrogen-bond donors (Lipinski definition) is 1. The molecule has 3 heteroatoms. The highest BCUT2D eigenvalue weighted by molar-refractivity contribution is 5.52. The summed E-state index contributed by atoms with van der Waals surface area (Å²) in [7, 11) is 0. The number of nitrogen functional groups attached to an aromatic ring is 1. The van der Waals surface area contributed by atoms with E-state index in [1.807, 2.05) is 30.5 Å². The van der Waals surface area contributed by atoms with E-state index in [9.17, 15) is 0 Å². The summed E-state index contributed by atoms with van der Waals surface area (Å²) in [6.07, 6.45) is 1.84. The highest BCUT2D eigenvalue weighted by Gasteiger charge is 2.20. The van der Waals surface area contributed by atoms with Crippen LogP contribution in [0.3, 0.4) is 0 Å². The lowest BCUT2D eigenvalue weighted by molar-refractivity contribution is 0.272. The van der Waals surface area contributed by atoms with E-state index in [0.29, 0.717) is 0 Å². The Morgan fingerprint density at radius 1 is 1.12 bits per heavy atom. The smallest absolute Gasteiger partial charge is 0.0544 e. The maximum atomic E-state index is 5.99. The van der Waals surface area contributed by atoms with Gasteiger partial charge in [0.15, 0.2) is 0 Å². The largest absolute Gasteiger partial charge is 0.398 e. The molecule has 0 radical (unpaired) electrons. The molecule has 0 unspecified atom stereocenters. The zero-order valence-corrected chi connectivity index (χ0v) is 9.63. The molecule has 1 aliphatic rings. The van der Waals surface area contributed by atoms with Gasteiger partial charge in [-0.15, -0.1) is 0 Å². The second-order valence-corrected chi connectivity index (χ2v) is 4.45. The molecule has 86 valence electrons. The Hall–Kier alpha value is -1.87. The van der Waals surface area contributed by atoms with Crippen LogP contribution in [0.1, 0.15) is 16.8 Å². The number of nitrogens with two attached hydrogens (primary N) is 1. The van der Waals surface area contributed by atoms with Gasteiger partial charge in [-0.3, -0.25) is 9.88 Å². The predicted molar refractivity (Wildman–Crippen MR) is 68.0 cm³/mol. The molecular formula is C14H15N3. The third-order valence-corrected chi connectivity index (χ3v) is 3.20. The third-order valence-electron chi connectivity index (χ3n) is 3.20. The summed E-state index contributed by atoms with van der Waals surface area (Å²) in [4.78, 5) is 6.72. The van der Waals surface area contributed by atoms with Gasteiger partial charge < -0.3 is 5.73 Å². The lowest BCUT2D eigenvalue weighted by Gasteiger charge is -2.13. The van der Waals surface area contributed by atoms with E-state index in [4.69, 9.17) is 5.73 Å². The summed E-state index contributed by atoms with van der Waals surface area (Å²) >= 11 is 0. The molecule has 0 atom stereocenters. The molecule has 1 aromatic heterocycles. The standard InChI is InChI=1S/C14H15N3/c15-14-6-3-4-11-8-17(10-13(11)14)9-12-5-1-2-7-16-12/h1-7H,8-10,15H2. The Morgan fingerprint density at radius 2 is 2.06 bits per heavy atom. The molecule has 3 nitrogen and oxygen atoms in total. The van der Waals surface area contributed by atoms with E-state index in [1.54, 1.807) is 0 Å². The highest BCUT2D eigenvalue weighted by atomic mass is 15.1. The van der Waals surface area contributed by atoms with Crippen LogP contribution in [0.15, 0.2) is 42.6 Å².